The third-order valence-electron chi connectivity index (χ3n) is 5.16. The van der Waals surface area contributed by atoms with Crippen LogP contribution in [0.25, 0.3) is 0 Å². The molecule has 0 aromatic carbocycles. The van der Waals surface area contributed by atoms with E-state index in [4.69, 9.17) is 9.47 Å². The van der Waals surface area contributed by atoms with Crippen LogP contribution >= 0.6 is 0 Å². The van der Waals surface area contributed by atoms with E-state index < -0.39 is 0 Å². The number of aliphatic imine (C=N–C) groups is 1. The van der Waals surface area contributed by atoms with E-state index in [0.29, 0.717) is 31.5 Å². The van der Waals surface area contributed by atoms with Gasteiger partial charge in [-0.2, -0.15) is 5.10 Å². The van der Waals surface area contributed by atoms with Crippen molar-refractivity contribution in [2.24, 2.45) is 4.99 Å². The smallest absolute Gasteiger partial charge is 0.243 e. The molecule has 2 aliphatic heterocycles. The number of aryl methyl sites for hydroxylation is 1. The SMILES string of the molecule is COCc1nc2n(n1)CC(NC(=NCC(=O)N(C)C)NCC1CCCCO1)CC2. The minimum absolute atomic E-state index is 0.0357. The average Bonchev–Trinajstić information content (AvgIpc) is 3.12. The number of nitrogens with zero attached hydrogens (tertiary/aromatic N) is 5. The number of fused-ring (bicyclic) bond motifs is 1. The Morgan fingerprint density at radius 1 is 1.38 bits per heavy atom. The van der Waals surface area contributed by atoms with Crippen LogP contribution in [0.15, 0.2) is 4.99 Å². The molecule has 1 aromatic rings. The Morgan fingerprint density at radius 3 is 2.97 bits per heavy atom. The van der Waals surface area contributed by atoms with E-state index in [1.54, 1.807) is 26.1 Å². The van der Waals surface area contributed by atoms with Gasteiger partial charge in [0.15, 0.2) is 11.8 Å². The molecule has 2 unspecified atom stereocenters. The Bertz CT molecular complexity index is 698. The number of hydrogen-bond donors (Lipinski definition) is 2. The maximum absolute atomic E-state index is 12.0. The first-order chi connectivity index (χ1) is 14.0. The van der Waals surface area contributed by atoms with Gasteiger partial charge in [-0.05, 0) is 25.7 Å². The summed E-state index contributed by atoms with van der Waals surface area (Å²) in [4.78, 5) is 22.5. The lowest BCUT2D eigenvalue weighted by Gasteiger charge is -2.27. The van der Waals surface area contributed by atoms with E-state index in [-0.39, 0.29) is 24.6 Å². The van der Waals surface area contributed by atoms with Crippen LogP contribution in [0.2, 0.25) is 0 Å². The highest BCUT2D eigenvalue weighted by atomic mass is 16.5. The van der Waals surface area contributed by atoms with Crippen LogP contribution in [0.3, 0.4) is 0 Å². The Balaban J connectivity index is 1.60. The lowest BCUT2D eigenvalue weighted by molar-refractivity contribution is -0.127. The quantitative estimate of drug-likeness (QED) is 0.481. The van der Waals surface area contributed by atoms with Crippen molar-refractivity contribution in [2.45, 2.75) is 57.4 Å². The zero-order valence-corrected chi connectivity index (χ0v) is 17.7. The largest absolute Gasteiger partial charge is 0.377 e. The van der Waals surface area contributed by atoms with Crippen LogP contribution in [0.4, 0.5) is 0 Å². The van der Waals surface area contributed by atoms with Crippen molar-refractivity contribution in [3.05, 3.63) is 11.6 Å². The standard InChI is InChI=1S/C19H33N7O3/c1-25(2)18(27)11-21-19(20-10-15-6-4-5-9-29-15)22-14-7-8-17-23-16(13-28-3)24-26(17)12-14/h14-15H,4-13H2,1-3H3,(H2,20,21,22). The molecule has 10 nitrogen and oxygen atoms in total. The van der Waals surface area contributed by atoms with Gasteiger partial charge in [-0.25, -0.2) is 14.7 Å². The molecule has 1 fully saturated rings. The monoisotopic (exact) mass is 407 g/mol. The molecular formula is C19H33N7O3. The summed E-state index contributed by atoms with van der Waals surface area (Å²) >= 11 is 0. The van der Waals surface area contributed by atoms with E-state index >= 15 is 0 Å². The van der Waals surface area contributed by atoms with Crippen LogP contribution in [-0.2, 0) is 33.8 Å². The molecule has 0 saturated carbocycles. The number of nitrogens with one attached hydrogen (secondary N) is 2. The van der Waals surface area contributed by atoms with Crippen molar-refractivity contribution in [3.63, 3.8) is 0 Å². The van der Waals surface area contributed by atoms with E-state index in [2.05, 4.69) is 25.7 Å². The van der Waals surface area contributed by atoms with Crippen molar-refractivity contribution in [3.8, 4) is 0 Å². The highest BCUT2D eigenvalue weighted by molar-refractivity contribution is 5.84. The number of carbonyl (C=O) groups is 1. The van der Waals surface area contributed by atoms with E-state index in [0.717, 1.165) is 38.1 Å². The van der Waals surface area contributed by atoms with Gasteiger partial charge in [-0.3, -0.25) is 4.79 Å². The van der Waals surface area contributed by atoms with Crippen molar-refractivity contribution in [1.82, 2.24) is 30.3 Å². The van der Waals surface area contributed by atoms with Gasteiger partial charge in [-0.1, -0.05) is 0 Å². The number of amides is 1. The second kappa shape index (κ2) is 10.5. The summed E-state index contributed by atoms with van der Waals surface area (Å²) in [6.45, 7) is 2.72. The lowest BCUT2D eigenvalue weighted by atomic mass is 10.1. The van der Waals surface area contributed by atoms with E-state index in [9.17, 15) is 4.79 Å². The van der Waals surface area contributed by atoms with Gasteiger partial charge in [0, 0.05) is 46.8 Å². The van der Waals surface area contributed by atoms with Gasteiger partial charge >= 0.3 is 0 Å². The summed E-state index contributed by atoms with van der Waals surface area (Å²) in [6, 6.07) is 0.160. The van der Waals surface area contributed by atoms with E-state index in [1.807, 2.05) is 4.68 Å². The Kier molecular flexibility index (Phi) is 7.82. The molecule has 29 heavy (non-hydrogen) atoms. The molecule has 162 valence electrons. The van der Waals surface area contributed by atoms with Crippen LogP contribution in [0, 0.1) is 0 Å². The zero-order valence-electron chi connectivity index (χ0n) is 17.7. The molecule has 3 heterocycles. The molecule has 1 aromatic heterocycles. The molecule has 1 saturated heterocycles. The average molecular weight is 408 g/mol. The summed E-state index contributed by atoms with van der Waals surface area (Å²) in [5.74, 6) is 2.30. The molecule has 10 heteroatoms. The fourth-order valence-corrected chi connectivity index (χ4v) is 3.48. The Labute approximate surface area is 172 Å². The third kappa shape index (κ3) is 6.40. The van der Waals surface area contributed by atoms with Gasteiger partial charge in [0.2, 0.25) is 5.91 Å². The third-order valence-corrected chi connectivity index (χ3v) is 5.16. The van der Waals surface area contributed by atoms with Crippen LogP contribution in [0.5, 0.6) is 0 Å². The van der Waals surface area contributed by atoms with Gasteiger partial charge in [0.25, 0.3) is 0 Å². The number of likely N-dealkylation sites (N-methyl/N-ethyl adjacent to an activating group) is 1. The van der Waals surface area contributed by atoms with Crippen LogP contribution in [0.1, 0.15) is 37.3 Å². The topological polar surface area (TPSA) is 106 Å². The summed E-state index contributed by atoms with van der Waals surface area (Å²) in [6.07, 6.45) is 5.31. The summed E-state index contributed by atoms with van der Waals surface area (Å²) < 4.78 is 12.9. The number of aromatic nitrogens is 3. The minimum Gasteiger partial charge on any atom is -0.377 e. The second-order valence-corrected chi connectivity index (χ2v) is 7.76. The molecule has 1 amide bonds. The summed E-state index contributed by atoms with van der Waals surface area (Å²) in [7, 11) is 5.11. The predicted octanol–water partition coefficient (Wildman–Crippen LogP) is -0.0682. The first-order valence-electron chi connectivity index (χ1n) is 10.3. The highest BCUT2D eigenvalue weighted by Gasteiger charge is 2.23. The lowest BCUT2D eigenvalue weighted by Crippen LogP contribution is -2.49. The van der Waals surface area contributed by atoms with Gasteiger partial charge < -0.3 is 25.0 Å². The normalized spacial score (nSPS) is 22.1. The van der Waals surface area contributed by atoms with Gasteiger partial charge in [0.05, 0.1) is 12.6 Å². The van der Waals surface area contributed by atoms with Crippen molar-refractivity contribution in [1.29, 1.82) is 0 Å². The predicted molar refractivity (Wildman–Crippen MR) is 109 cm³/mol. The van der Waals surface area contributed by atoms with Gasteiger partial charge in [-0.15, -0.1) is 0 Å². The molecule has 2 aliphatic rings. The minimum atomic E-state index is -0.0357. The van der Waals surface area contributed by atoms with Crippen molar-refractivity contribution < 1.29 is 14.3 Å². The molecule has 0 radical (unpaired) electrons. The number of carbonyl (C=O) groups excluding carboxylic acids is 1. The zero-order chi connectivity index (χ0) is 20.6. The number of ether oxygens (including phenoxy) is 2. The molecule has 2 N–H and O–H groups in total. The highest BCUT2D eigenvalue weighted by Crippen LogP contribution is 2.14. The summed E-state index contributed by atoms with van der Waals surface area (Å²) in [5.41, 5.74) is 0. The fraction of sp³-hybridized carbons (Fsp3) is 0.789. The van der Waals surface area contributed by atoms with Crippen LogP contribution in [-0.4, -0.2) is 84.6 Å². The molecule has 0 bridgehead atoms. The van der Waals surface area contributed by atoms with Gasteiger partial charge in [0.1, 0.15) is 19.0 Å². The molecule has 0 spiro atoms. The first-order valence-corrected chi connectivity index (χ1v) is 10.3. The Morgan fingerprint density at radius 2 is 2.24 bits per heavy atom. The Hall–Kier alpha value is -2.20. The van der Waals surface area contributed by atoms with Crippen LogP contribution < -0.4 is 10.6 Å². The maximum atomic E-state index is 12.0. The summed E-state index contributed by atoms with van der Waals surface area (Å²) in [5, 5.41) is 11.3. The molecule has 0 aliphatic carbocycles. The molecule has 2 atom stereocenters. The number of methoxy groups -OCH3 is 1. The number of rotatable bonds is 7. The number of hydrogen-bond acceptors (Lipinski definition) is 6. The molecule has 3 rings (SSSR count). The first kappa shape index (κ1) is 21.5. The second-order valence-electron chi connectivity index (χ2n) is 7.76. The maximum Gasteiger partial charge on any atom is 0.243 e. The molecular weight excluding hydrogens is 374 g/mol. The number of guanidine groups is 1. The van der Waals surface area contributed by atoms with Crippen molar-refractivity contribution >= 4 is 11.9 Å². The van der Waals surface area contributed by atoms with Crippen molar-refractivity contribution in [2.75, 3.05) is 40.9 Å². The fourth-order valence-electron chi connectivity index (χ4n) is 3.48. The van der Waals surface area contributed by atoms with E-state index in [1.165, 1.54) is 6.42 Å².